The molecule has 7 heteroatoms. The topological polar surface area (TPSA) is 56.9 Å². The second-order valence-corrected chi connectivity index (χ2v) is 5.58. The van der Waals surface area contributed by atoms with Gasteiger partial charge in [-0.25, -0.2) is 13.9 Å². The molecular weight excluding hydrogens is 333 g/mol. The van der Waals surface area contributed by atoms with Crippen LogP contribution in [0.1, 0.15) is 5.56 Å². The third kappa shape index (κ3) is 3.14. The first-order valence-electron chi connectivity index (χ1n) is 7.21. The lowest BCUT2D eigenvalue weighted by atomic mass is 10.2. The Kier molecular flexibility index (Phi) is 4.57. The Morgan fingerprint density at radius 1 is 1.12 bits per heavy atom. The highest BCUT2D eigenvalue weighted by molar-refractivity contribution is 6.30. The first kappa shape index (κ1) is 16.1. The molecule has 0 unspecified atom stereocenters. The molecule has 0 aliphatic carbocycles. The molecule has 122 valence electrons. The minimum Gasteiger partial charge on any atom is -0.301 e. The molecule has 24 heavy (non-hydrogen) atoms. The van der Waals surface area contributed by atoms with Crippen LogP contribution in [0.5, 0.6) is 0 Å². The molecule has 0 bridgehead atoms. The second kappa shape index (κ2) is 6.80. The molecule has 0 aliphatic rings. The molecular formula is C17H13ClFN3O2. The zero-order valence-corrected chi connectivity index (χ0v) is 13.3. The minimum atomic E-state index is -0.477. The van der Waals surface area contributed by atoms with Crippen molar-refractivity contribution in [3.63, 3.8) is 0 Å². The molecule has 0 fully saturated rings. The average Bonchev–Trinajstić information content (AvgIpc) is 2.88. The first-order chi connectivity index (χ1) is 11.6. The summed E-state index contributed by atoms with van der Waals surface area (Å²) in [6.45, 7) is -0.147. The van der Waals surface area contributed by atoms with Gasteiger partial charge in [0.05, 0.1) is 6.54 Å². The van der Waals surface area contributed by atoms with Crippen molar-refractivity contribution in [3.8, 4) is 11.4 Å². The molecule has 0 aliphatic heterocycles. The molecule has 0 atom stereocenters. The molecule has 0 N–H and O–H groups in total. The van der Waals surface area contributed by atoms with Gasteiger partial charge in [-0.05, 0) is 30.3 Å². The van der Waals surface area contributed by atoms with Crippen molar-refractivity contribution >= 4 is 17.9 Å². The van der Waals surface area contributed by atoms with Crippen molar-refractivity contribution in [1.29, 1.82) is 0 Å². The van der Waals surface area contributed by atoms with Crippen molar-refractivity contribution in [3.05, 3.63) is 75.4 Å². The van der Waals surface area contributed by atoms with Crippen LogP contribution in [0.25, 0.3) is 11.4 Å². The number of rotatable bonds is 5. The molecule has 1 heterocycles. The lowest BCUT2D eigenvalue weighted by Crippen LogP contribution is -2.26. The van der Waals surface area contributed by atoms with Crippen molar-refractivity contribution in [2.24, 2.45) is 0 Å². The van der Waals surface area contributed by atoms with Crippen LogP contribution < -0.4 is 5.69 Å². The molecule has 0 saturated carbocycles. The first-order valence-corrected chi connectivity index (χ1v) is 7.58. The molecule has 0 radical (unpaired) electrons. The lowest BCUT2D eigenvalue weighted by molar-refractivity contribution is -0.108. The Bertz CT molecular complexity index is 932. The van der Waals surface area contributed by atoms with Gasteiger partial charge in [-0.1, -0.05) is 29.8 Å². The number of carbonyl (C=O) groups excluding carboxylic acids is 1. The highest BCUT2D eigenvalue weighted by atomic mass is 35.5. The Labute approximate surface area is 141 Å². The summed E-state index contributed by atoms with van der Waals surface area (Å²) < 4.78 is 16.3. The van der Waals surface area contributed by atoms with E-state index in [0.717, 1.165) is 4.68 Å². The van der Waals surface area contributed by atoms with Crippen LogP contribution in [0.15, 0.2) is 53.3 Å². The van der Waals surface area contributed by atoms with E-state index in [2.05, 4.69) is 5.10 Å². The zero-order chi connectivity index (χ0) is 17.1. The van der Waals surface area contributed by atoms with Crippen molar-refractivity contribution in [2.45, 2.75) is 13.1 Å². The number of halogens is 2. The van der Waals surface area contributed by atoms with Gasteiger partial charge < -0.3 is 4.79 Å². The highest BCUT2D eigenvalue weighted by Crippen LogP contribution is 2.20. The summed E-state index contributed by atoms with van der Waals surface area (Å²) in [5, 5.41) is 4.75. The third-order valence-electron chi connectivity index (χ3n) is 3.56. The maximum atomic E-state index is 13.9. The smallest absolute Gasteiger partial charge is 0.301 e. The van der Waals surface area contributed by atoms with E-state index in [-0.39, 0.29) is 13.1 Å². The maximum Gasteiger partial charge on any atom is 0.346 e. The number of carbonyl (C=O) groups is 1. The van der Waals surface area contributed by atoms with Crippen molar-refractivity contribution in [2.75, 3.05) is 0 Å². The molecule has 3 rings (SSSR count). The number of nitrogens with zero attached hydrogens (tertiary/aromatic N) is 3. The number of hydrogen-bond donors (Lipinski definition) is 0. The SMILES string of the molecule is O=CCn1nc(-c2ccc(Cl)cc2)n(Cc2ccccc2F)c1=O. The molecule has 0 saturated heterocycles. The normalized spacial score (nSPS) is 10.8. The van der Waals surface area contributed by atoms with Crippen LogP contribution >= 0.6 is 11.6 Å². The molecule has 5 nitrogen and oxygen atoms in total. The molecule has 0 spiro atoms. The standard InChI is InChI=1S/C17H13ClFN3O2/c18-14-7-5-12(6-8-14)16-20-22(9-10-23)17(24)21(16)11-13-3-1-2-4-15(13)19/h1-8,10H,9,11H2. The Morgan fingerprint density at radius 2 is 1.83 bits per heavy atom. The molecule has 0 amide bonds. The summed E-state index contributed by atoms with van der Waals surface area (Å²) in [5.41, 5.74) is 0.535. The molecule has 2 aromatic carbocycles. The van der Waals surface area contributed by atoms with Crippen molar-refractivity contribution in [1.82, 2.24) is 14.3 Å². The van der Waals surface area contributed by atoms with E-state index < -0.39 is 11.5 Å². The largest absolute Gasteiger partial charge is 0.346 e. The Morgan fingerprint density at radius 3 is 2.50 bits per heavy atom. The summed E-state index contributed by atoms with van der Waals surface area (Å²) in [5.74, 6) is -0.0589. The van der Waals surface area contributed by atoms with Gasteiger partial charge in [-0.2, -0.15) is 0 Å². The molecule has 3 aromatic rings. The minimum absolute atomic E-state index is 0.0162. The van der Waals surface area contributed by atoms with Crippen LogP contribution in [0, 0.1) is 5.82 Å². The van der Waals surface area contributed by atoms with E-state index in [4.69, 9.17) is 11.6 Å². The van der Waals surface area contributed by atoms with E-state index in [0.29, 0.717) is 28.3 Å². The monoisotopic (exact) mass is 345 g/mol. The number of aldehydes is 1. The van der Waals surface area contributed by atoms with Gasteiger partial charge in [0, 0.05) is 16.1 Å². The summed E-state index contributed by atoms with van der Waals surface area (Å²) in [6.07, 6.45) is 0.591. The van der Waals surface area contributed by atoms with Crippen LogP contribution in [-0.4, -0.2) is 20.6 Å². The van der Waals surface area contributed by atoms with E-state index in [1.54, 1.807) is 42.5 Å². The Balaban J connectivity index is 2.12. The van der Waals surface area contributed by atoms with Crippen LogP contribution in [0.2, 0.25) is 5.02 Å². The predicted octanol–water partition coefficient (Wildman–Crippen LogP) is 2.75. The Hall–Kier alpha value is -2.73. The second-order valence-electron chi connectivity index (χ2n) is 5.14. The van der Waals surface area contributed by atoms with E-state index in [1.165, 1.54) is 10.6 Å². The summed E-state index contributed by atoms with van der Waals surface area (Å²) in [6, 6.07) is 13.0. The third-order valence-corrected chi connectivity index (χ3v) is 3.81. The van der Waals surface area contributed by atoms with Gasteiger partial charge in [0.2, 0.25) is 0 Å². The summed E-state index contributed by atoms with van der Waals surface area (Å²) >= 11 is 5.89. The van der Waals surface area contributed by atoms with E-state index in [1.807, 2.05) is 0 Å². The molecule has 1 aromatic heterocycles. The van der Waals surface area contributed by atoms with Crippen LogP contribution in [0.4, 0.5) is 4.39 Å². The van der Waals surface area contributed by atoms with Gasteiger partial charge in [0.1, 0.15) is 18.6 Å². The zero-order valence-electron chi connectivity index (χ0n) is 12.5. The quantitative estimate of drug-likeness (QED) is 0.668. The van der Waals surface area contributed by atoms with Crippen LogP contribution in [0.3, 0.4) is 0 Å². The van der Waals surface area contributed by atoms with Crippen LogP contribution in [-0.2, 0) is 17.9 Å². The maximum absolute atomic E-state index is 13.9. The van der Waals surface area contributed by atoms with E-state index in [9.17, 15) is 14.0 Å². The lowest BCUT2D eigenvalue weighted by Gasteiger charge is -2.07. The number of aromatic nitrogens is 3. The van der Waals surface area contributed by atoms with Crippen molar-refractivity contribution < 1.29 is 9.18 Å². The predicted molar refractivity (Wildman–Crippen MR) is 88.5 cm³/mol. The average molecular weight is 346 g/mol. The van der Waals surface area contributed by atoms with Gasteiger partial charge in [0.25, 0.3) is 0 Å². The van der Waals surface area contributed by atoms with Gasteiger partial charge in [-0.3, -0.25) is 4.57 Å². The van der Waals surface area contributed by atoms with Gasteiger partial charge in [0.15, 0.2) is 5.82 Å². The summed E-state index contributed by atoms with van der Waals surface area (Å²) in [7, 11) is 0. The fourth-order valence-corrected chi connectivity index (χ4v) is 2.51. The number of hydrogen-bond acceptors (Lipinski definition) is 3. The van der Waals surface area contributed by atoms with E-state index >= 15 is 0 Å². The summed E-state index contributed by atoms with van der Waals surface area (Å²) in [4.78, 5) is 23.2. The highest BCUT2D eigenvalue weighted by Gasteiger charge is 2.16. The fourth-order valence-electron chi connectivity index (χ4n) is 2.38. The number of benzene rings is 2. The fraction of sp³-hybridized carbons (Fsp3) is 0.118. The van der Waals surface area contributed by atoms with Gasteiger partial charge in [-0.15, -0.1) is 5.10 Å². The van der Waals surface area contributed by atoms with Gasteiger partial charge >= 0.3 is 5.69 Å².